The van der Waals surface area contributed by atoms with Gasteiger partial charge < -0.3 is 15.1 Å². The van der Waals surface area contributed by atoms with E-state index in [9.17, 15) is 4.79 Å². The second-order valence-corrected chi connectivity index (χ2v) is 9.67. The quantitative estimate of drug-likeness (QED) is 0.546. The molecule has 2 aliphatic heterocycles. The van der Waals surface area contributed by atoms with Gasteiger partial charge in [-0.05, 0) is 55.8 Å². The molecule has 178 valence electrons. The molecule has 1 N–H and O–H groups in total. The van der Waals surface area contributed by atoms with Crippen LogP contribution in [0.4, 0.5) is 11.8 Å². The standard InChI is InChI=1S/C25H28Cl2N6O/c26-19-8-7-18(21(27)15-19)16-28-24-20-5-1-2-6-22(20)29-25(30-24)33-13-11-32(12-14-33)23(34)17-31-9-3-4-10-31/h1-2,5-8,15H,3-4,9-14,16-17H2,(H,28,29,30). The highest BCUT2D eigenvalue weighted by atomic mass is 35.5. The molecule has 34 heavy (non-hydrogen) atoms. The Bertz CT molecular complexity index is 1180. The molecule has 7 nitrogen and oxygen atoms in total. The summed E-state index contributed by atoms with van der Waals surface area (Å²) in [6, 6.07) is 13.5. The number of fused-ring (bicyclic) bond motifs is 1. The minimum Gasteiger partial charge on any atom is -0.365 e. The summed E-state index contributed by atoms with van der Waals surface area (Å²) in [5.74, 6) is 1.66. The number of carbonyl (C=O) groups is 1. The highest BCUT2D eigenvalue weighted by Gasteiger charge is 2.25. The number of rotatable bonds is 6. The monoisotopic (exact) mass is 498 g/mol. The Labute approximate surface area is 209 Å². The number of hydrogen-bond acceptors (Lipinski definition) is 6. The van der Waals surface area contributed by atoms with Gasteiger partial charge in [0.15, 0.2) is 0 Å². The lowest BCUT2D eigenvalue weighted by Crippen LogP contribution is -2.51. The van der Waals surface area contributed by atoms with Crippen LogP contribution in [0.5, 0.6) is 0 Å². The van der Waals surface area contributed by atoms with E-state index in [0.29, 0.717) is 55.3 Å². The number of nitrogens with one attached hydrogen (secondary N) is 1. The van der Waals surface area contributed by atoms with Crippen molar-refractivity contribution in [1.29, 1.82) is 0 Å². The molecule has 2 aliphatic rings. The molecule has 2 fully saturated rings. The van der Waals surface area contributed by atoms with Crippen molar-refractivity contribution in [3.63, 3.8) is 0 Å². The molecule has 2 saturated heterocycles. The average Bonchev–Trinajstić information content (AvgIpc) is 3.36. The van der Waals surface area contributed by atoms with Crippen molar-refractivity contribution >= 4 is 51.8 Å². The number of piperazine rings is 1. The van der Waals surface area contributed by atoms with Gasteiger partial charge in [0.25, 0.3) is 0 Å². The maximum absolute atomic E-state index is 12.7. The molecule has 2 aromatic carbocycles. The van der Waals surface area contributed by atoms with Gasteiger partial charge in [-0.1, -0.05) is 41.4 Å². The van der Waals surface area contributed by atoms with Gasteiger partial charge in [-0.3, -0.25) is 9.69 Å². The number of para-hydroxylation sites is 1. The molecule has 0 bridgehead atoms. The predicted molar refractivity (Wildman–Crippen MR) is 138 cm³/mol. The van der Waals surface area contributed by atoms with Crippen molar-refractivity contribution in [2.24, 2.45) is 0 Å². The lowest BCUT2D eigenvalue weighted by molar-refractivity contribution is -0.132. The summed E-state index contributed by atoms with van der Waals surface area (Å²) in [6.07, 6.45) is 2.39. The summed E-state index contributed by atoms with van der Waals surface area (Å²) in [5, 5.41) is 5.62. The van der Waals surface area contributed by atoms with Crippen molar-refractivity contribution in [2.75, 3.05) is 56.0 Å². The molecule has 9 heteroatoms. The Kier molecular flexibility index (Phi) is 7.04. The van der Waals surface area contributed by atoms with Crippen molar-refractivity contribution in [3.05, 3.63) is 58.1 Å². The fraction of sp³-hybridized carbons (Fsp3) is 0.400. The van der Waals surface area contributed by atoms with Gasteiger partial charge in [0.2, 0.25) is 11.9 Å². The first kappa shape index (κ1) is 23.1. The Morgan fingerprint density at radius 3 is 2.47 bits per heavy atom. The Morgan fingerprint density at radius 1 is 0.941 bits per heavy atom. The zero-order chi connectivity index (χ0) is 23.5. The molecule has 0 saturated carbocycles. The van der Waals surface area contributed by atoms with Crippen LogP contribution in [0.15, 0.2) is 42.5 Å². The largest absolute Gasteiger partial charge is 0.365 e. The predicted octanol–water partition coefficient (Wildman–Crippen LogP) is 4.29. The number of likely N-dealkylation sites (tertiary alicyclic amines) is 1. The first-order chi connectivity index (χ1) is 16.6. The summed E-state index contributed by atoms with van der Waals surface area (Å²) in [6.45, 7) is 5.93. The van der Waals surface area contributed by atoms with Crippen LogP contribution in [0.1, 0.15) is 18.4 Å². The molecule has 0 unspecified atom stereocenters. The van der Waals surface area contributed by atoms with Crippen LogP contribution < -0.4 is 10.2 Å². The van der Waals surface area contributed by atoms with E-state index in [1.165, 1.54) is 12.8 Å². The van der Waals surface area contributed by atoms with E-state index in [1.54, 1.807) is 6.07 Å². The highest BCUT2D eigenvalue weighted by molar-refractivity contribution is 6.35. The van der Waals surface area contributed by atoms with E-state index < -0.39 is 0 Å². The second kappa shape index (κ2) is 10.3. The number of nitrogens with zero attached hydrogens (tertiary/aromatic N) is 5. The van der Waals surface area contributed by atoms with Crippen molar-refractivity contribution in [1.82, 2.24) is 19.8 Å². The third-order valence-corrected chi connectivity index (χ3v) is 7.11. The highest BCUT2D eigenvalue weighted by Crippen LogP contribution is 2.26. The molecule has 0 atom stereocenters. The van der Waals surface area contributed by atoms with Crippen LogP contribution in [-0.4, -0.2) is 71.5 Å². The van der Waals surface area contributed by atoms with E-state index in [1.807, 2.05) is 41.3 Å². The zero-order valence-corrected chi connectivity index (χ0v) is 20.5. The number of halogens is 2. The number of carbonyl (C=O) groups excluding carboxylic acids is 1. The van der Waals surface area contributed by atoms with Crippen molar-refractivity contribution < 1.29 is 4.79 Å². The van der Waals surface area contributed by atoms with Gasteiger partial charge in [-0.2, -0.15) is 4.98 Å². The van der Waals surface area contributed by atoms with Crippen molar-refractivity contribution in [2.45, 2.75) is 19.4 Å². The number of benzene rings is 2. The second-order valence-electron chi connectivity index (χ2n) is 8.83. The van der Waals surface area contributed by atoms with Crippen LogP contribution in [0.2, 0.25) is 10.0 Å². The van der Waals surface area contributed by atoms with Gasteiger partial charge in [0.1, 0.15) is 5.82 Å². The van der Waals surface area contributed by atoms with Crippen LogP contribution in [-0.2, 0) is 11.3 Å². The number of anilines is 2. The summed E-state index contributed by atoms with van der Waals surface area (Å²) < 4.78 is 0. The first-order valence-electron chi connectivity index (χ1n) is 11.8. The maximum atomic E-state index is 12.7. The lowest BCUT2D eigenvalue weighted by Gasteiger charge is -2.35. The zero-order valence-electron chi connectivity index (χ0n) is 19.0. The van der Waals surface area contributed by atoms with E-state index >= 15 is 0 Å². The normalized spacial score (nSPS) is 16.9. The van der Waals surface area contributed by atoms with Crippen LogP contribution in [0.25, 0.3) is 10.9 Å². The van der Waals surface area contributed by atoms with E-state index in [2.05, 4.69) is 15.1 Å². The third-order valence-electron chi connectivity index (χ3n) is 6.53. The van der Waals surface area contributed by atoms with Gasteiger partial charge in [-0.15, -0.1) is 0 Å². The minimum absolute atomic E-state index is 0.225. The summed E-state index contributed by atoms with van der Waals surface area (Å²) in [5.41, 5.74) is 1.82. The Morgan fingerprint density at radius 2 is 1.71 bits per heavy atom. The number of aromatic nitrogens is 2. The summed E-state index contributed by atoms with van der Waals surface area (Å²) >= 11 is 12.4. The SMILES string of the molecule is O=C(CN1CCCC1)N1CCN(c2nc(NCc3ccc(Cl)cc3Cl)c3ccccc3n2)CC1. The van der Waals surface area contributed by atoms with Gasteiger partial charge in [-0.25, -0.2) is 4.98 Å². The van der Waals surface area contributed by atoms with Crippen LogP contribution in [0.3, 0.4) is 0 Å². The van der Waals surface area contributed by atoms with E-state index in [-0.39, 0.29) is 5.91 Å². The summed E-state index contributed by atoms with van der Waals surface area (Å²) in [7, 11) is 0. The third kappa shape index (κ3) is 5.22. The Balaban J connectivity index is 1.29. The minimum atomic E-state index is 0.225. The molecule has 5 rings (SSSR count). The molecular weight excluding hydrogens is 471 g/mol. The van der Waals surface area contributed by atoms with Gasteiger partial charge in [0.05, 0.1) is 12.1 Å². The van der Waals surface area contributed by atoms with Gasteiger partial charge >= 0.3 is 0 Å². The molecule has 0 aliphatic carbocycles. The molecule has 0 spiro atoms. The smallest absolute Gasteiger partial charge is 0.236 e. The molecule has 0 radical (unpaired) electrons. The fourth-order valence-electron chi connectivity index (χ4n) is 4.57. The maximum Gasteiger partial charge on any atom is 0.236 e. The molecular formula is C25H28Cl2N6O. The molecule has 1 aromatic heterocycles. The van der Waals surface area contributed by atoms with Crippen LogP contribution in [0, 0.1) is 0 Å². The molecule has 3 aromatic rings. The number of amides is 1. The van der Waals surface area contributed by atoms with Crippen LogP contribution >= 0.6 is 23.2 Å². The topological polar surface area (TPSA) is 64.6 Å². The van der Waals surface area contributed by atoms with E-state index in [4.69, 9.17) is 33.2 Å². The Hall–Kier alpha value is -2.61. The average molecular weight is 499 g/mol. The lowest BCUT2D eigenvalue weighted by atomic mass is 10.2. The van der Waals surface area contributed by atoms with Crippen molar-refractivity contribution in [3.8, 4) is 0 Å². The molecule has 1 amide bonds. The number of hydrogen-bond donors (Lipinski definition) is 1. The van der Waals surface area contributed by atoms with E-state index in [0.717, 1.165) is 35.4 Å². The summed E-state index contributed by atoms with van der Waals surface area (Å²) in [4.78, 5) is 28.8. The van der Waals surface area contributed by atoms with Gasteiger partial charge in [0, 0.05) is 48.2 Å². The molecule has 3 heterocycles. The first-order valence-corrected chi connectivity index (χ1v) is 12.5. The fourth-order valence-corrected chi connectivity index (χ4v) is 5.05.